The number of rotatable bonds is 13. The van der Waals surface area contributed by atoms with E-state index in [4.69, 9.17) is 14.2 Å². The number of amides is 3. The van der Waals surface area contributed by atoms with E-state index in [-0.39, 0.29) is 11.6 Å². The van der Waals surface area contributed by atoms with Crippen molar-refractivity contribution in [1.29, 1.82) is 0 Å². The fourth-order valence-corrected chi connectivity index (χ4v) is 7.17. The number of anilines is 2. The average Bonchev–Trinajstić information content (AvgIpc) is 3.58. The maximum Gasteiger partial charge on any atom is 0.272 e. The Morgan fingerprint density at radius 2 is 1.50 bits per heavy atom. The molecule has 1 aromatic heterocycles. The number of hydrogen-bond acceptors (Lipinski definition) is 9. The first-order valence-corrected chi connectivity index (χ1v) is 17.7. The summed E-state index contributed by atoms with van der Waals surface area (Å²) in [5, 5.41) is 8.49. The highest BCUT2D eigenvalue weighted by Gasteiger charge is 2.24. The summed E-state index contributed by atoms with van der Waals surface area (Å²) in [6, 6.07) is 36.0. The molecule has 0 aliphatic heterocycles. The van der Waals surface area contributed by atoms with E-state index >= 15 is 0 Å². The van der Waals surface area contributed by atoms with Crippen LogP contribution in [0, 0.1) is 0 Å². The van der Waals surface area contributed by atoms with Gasteiger partial charge in [-0.1, -0.05) is 72.0 Å². The second-order valence-corrected chi connectivity index (χ2v) is 13.4. The van der Waals surface area contributed by atoms with E-state index in [0.717, 1.165) is 20.7 Å². The molecule has 0 saturated heterocycles. The van der Waals surface area contributed by atoms with Crippen LogP contribution in [0.2, 0.25) is 0 Å². The predicted molar refractivity (Wildman–Crippen MR) is 206 cm³/mol. The fourth-order valence-electron chi connectivity index (χ4n) is 5.19. The molecule has 6 aromatic rings. The summed E-state index contributed by atoms with van der Waals surface area (Å²) < 4.78 is 17.0. The quantitative estimate of drug-likeness (QED) is 0.0802. The van der Waals surface area contributed by atoms with E-state index in [1.165, 1.54) is 37.3 Å². The van der Waals surface area contributed by atoms with Gasteiger partial charge in [0.1, 0.15) is 16.7 Å². The average molecular weight is 731 g/mol. The lowest BCUT2D eigenvalue weighted by atomic mass is 10.1. The zero-order valence-electron chi connectivity index (χ0n) is 28.4. The molecular weight excluding hydrogens is 697 g/mol. The highest BCUT2D eigenvalue weighted by molar-refractivity contribution is 8.00. The lowest BCUT2D eigenvalue weighted by molar-refractivity contribution is -0.116. The highest BCUT2D eigenvalue weighted by Crippen LogP contribution is 2.38. The second-order valence-electron chi connectivity index (χ2n) is 11.2. The number of thiazole rings is 1. The number of methoxy groups -OCH3 is 3. The Morgan fingerprint density at radius 3 is 2.23 bits per heavy atom. The van der Waals surface area contributed by atoms with Crippen LogP contribution in [0.25, 0.3) is 16.3 Å². The molecular formula is C40H34N4O6S2. The summed E-state index contributed by atoms with van der Waals surface area (Å²) in [4.78, 5) is 46.1. The van der Waals surface area contributed by atoms with Gasteiger partial charge in [-0.15, -0.1) is 11.8 Å². The number of carbonyl (C=O) groups excluding carboxylic acids is 3. The number of aromatic nitrogens is 1. The predicted octanol–water partition coefficient (Wildman–Crippen LogP) is 8.20. The van der Waals surface area contributed by atoms with Crippen molar-refractivity contribution in [3.8, 4) is 17.2 Å². The van der Waals surface area contributed by atoms with Crippen molar-refractivity contribution in [2.45, 2.75) is 10.1 Å². The SMILES string of the molecule is COc1ccc2nc(NC(=O)C(Sc3cccc(NC(=O)/C(=C\c4ccc(OC)c(OC)c4)NC(=O)c4ccccc4)c3)c3ccccc3)sc2c1. The molecule has 1 atom stereocenters. The normalized spacial score (nSPS) is 11.7. The molecule has 0 radical (unpaired) electrons. The Morgan fingerprint density at radius 1 is 0.750 bits per heavy atom. The number of carbonyl (C=O) groups is 3. The van der Waals surface area contributed by atoms with Gasteiger partial charge in [-0.05, 0) is 77.9 Å². The molecule has 1 heterocycles. The van der Waals surface area contributed by atoms with Crippen LogP contribution in [-0.4, -0.2) is 44.0 Å². The van der Waals surface area contributed by atoms with Crippen molar-refractivity contribution in [1.82, 2.24) is 10.3 Å². The summed E-state index contributed by atoms with van der Waals surface area (Å²) in [5.41, 5.74) is 3.02. The smallest absolute Gasteiger partial charge is 0.272 e. The van der Waals surface area contributed by atoms with E-state index in [1.807, 2.05) is 54.6 Å². The number of nitrogens with one attached hydrogen (secondary N) is 3. The number of benzene rings is 5. The summed E-state index contributed by atoms with van der Waals surface area (Å²) in [5.74, 6) is 0.454. The van der Waals surface area contributed by atoms with Gasteiger partial charge in [-0.3, -0.25) is 14.4 Å². The zero-order chi connectivity index (χ0) is 36.5. The van der Waals surface area contributed by atoms with E-state index in [9.17, 15) is 14.4 Å². The number of ether oxygens (including phenoxy) is 3. The Bertz CT molecular complexity index is 2240. The summed E-state index contributed by atoms with van der Waals surface area (Å²) in [6.07, 6.45) is 1.56. The van der Waals surface area contributed by atoms with Crippen molar-refractivity contribution in [2.75, 3.05) is 32.0 Å². The molecule has 10 nitrogen and oxygen atoms in total. The van der Waals surface area contributed by atoms with E-state index in [0.29, 0.717) is 39.2 Å². The lowest BCUT2D eigenvalue weighted by Gasteiger charge is -2.17. The van der Waals surface area contributed by atoms with Crippen LogP contribution in [-0.2, 0) is 9.59 Å². The van der Waals surface area contributed by atoms with Gasteiger partial charge in [-0.25, -0.2) is 4.98 Å². The first kappa shape index (κ1) is 35.7. The van der Waals surface area contributed by atoms with Crippen molar-refractivity contribution in [2.24, 2.45) is 0 Å². The van der Waals surface area contributed by atoms with Crippen LogP contribution in [0.4, 0.5) is 10.8 Å². The third-order valence-electron chi connectivity index (χ3n) is 7.76. The molecule has 0 spiro atoms. The van der Waals surface area contributed by atoms with Crippen molar-refractivity contribution < 1.29 is 28.6 Å². The topological polar surface area (TPSA) is 128 Å². The molecule has 0 aliphatic rings. The standard InChI is InChI=1S/C40H34N4O6S2/c1-48-29-18-19-31-35(24-29)52-40(43-31)44-39(47)36(26-11-6-4-7-12-26)51-30-16-10-15-28(23-30)41-38(46)32(42-37(45)27-13-8-5-9-14-27)21-25-17-20-33(49-2)34(22-25)50-3/h4-24,36H,1-3H3,(H,41,46)(H,42,45)(H,43,44,47)/b32-21+. The maximum atomic E-state index is 13.8. The Kier molecular flexibility index (Phi) is 11.5. The molecule has 6 rings (SSSR count). The molecule has 1 unspecified atom stereocenters. The summed E-state index contributed by atoms with van der Waals surface area (Å²) >= 11 is 2.70. The third-order valence-corrected chi connectivity index (χ3v) is 9.94. The highest BCUT2D eigenvalue weighted by atomic mass is 32.2. The Hall–Kier alpha value is -6.11. The molecule has 262 valence electrons. The summed E-state index contributed by atoms with van der Waals surface area (Å²) in [7, 11) is 4.66. The minimum Gasteiger partial charge on any atom is -0.497 e. The molecule has 0 saturated carbocycles. The molecule has 0 bridgehead atoms. The molecule has 5 aromatic carbocycles. The van der Waals surface area contributed by atoms with Gasteiger partial charge in [0.05, 0.1) is 31.5 Å². The zero-order valence-corrected chi connectivity index (χ0v) is 30.0. The lowest BCUT2D eigenvalue weighted by Crippen LogP contribution is -2.30. The monoisotopic (exact) mass is 730 g/mol. The van der Waals surface area contributed by atoms with Crippen LogP contribution < -0.4 is 30.2 Å². The Balaban J connectivity index is 1.24. The van der Waals surface area contributed by atoms with Gasteiger partial charge in [0, 0.05) is 16.1 Å². The van der Waals surface area contributed by atoms with Gasteiger partial charge in [0.15, 0.2) is 16.6 Å². The largest absolute Gasteiger partial charge is 0.497 e. The van der Waals surface area contributed by atoms with Gasteiger partial charge in [0.2, 0.25) is 5.91 Å². The van der Waals surface area contributed by atoms with Crippen LogP contribution in [0.3, 0.4) is 0 Å². The van der Waals surface area contributed by atoms with E-state index in [1.54, 1.807) is 79.9 Å². The van der Waals surface area contributed by atoms with Gasteiger partial charge in [-0.2, -0.15) is 0 Å². The van der Waals surface area contributed by atoms with Crippen LogP contribution in [0.15, 0.2) is 132 Å². The van der Waals surface area contributed by atoms with Gasteiger partial charge in [0.25, 0.3) is 11.8 Å². The van der Waals surface area contributed by atoms with Crippen LogP contribution in [0.5, 0.6) is 17.2 Å². The second kappa shape index (κ2) is 16.7. The van der Waals surface area contributed by atoms with Gasteiger partial charge >= 0.3 is 0 Å². The molecule has 3 N–H and O–H groups in total. The molecule has 3 amide bonds. The van der Waals surface area contributed by atoms with Crippen LogP contribution in [0.1, 0.15) is 26.7 Å². The number of fused-ring (bicyclic) bond motifs is 1. The minimum absolute atomic E-state index is 0.00845. The molecule has 0 aliphatic carbocycles. The number of hydrogen-bond donors (Lipinski definition) is 3. The van der Waals surface area contributed by atoms with E-state index in [2.05, 4.69) is 20.9 Å². The minimum atomic E-state index is -0.639. The number of nitrogens with zero attached hydrogens (tertiary/aromatic N) is 1. The van der Waals surface area contributed by atoms with Crippen molar-refractivity contribution in [3.63, 3.8) is 0 Å². The fraction of sp³-hybridized carbons (Fsp3) is 0.100. The van der Waals surface area contributed by atoms with Gasteiger partial charge < -0.3 is 30.2 Å². The maximum absolute atomic E-state index is 13.8. The third kappa shape index (κ3) is 8.78. The first-order valence-electron chi connectivity index (χ1n) is 16.0. The van der Waals surface area contributed by atoms with Crippen molar-refractivity contribution in [3.05, 3.63) is 144 Å². The first-order chi connectivity index (χ1) is 25.3. The Labute approximate surface area is 308 Å². The molecule has 0 fully saturated rings. The van der Waals surface area contributed by atoms with Crippen LogP contribution >= 0.6 is 23.1 Å². The van der Waals surface area contributed by atoms with Crippen molar-refractivity contribution >= 4 is 67.9 Å². The number of thioether (sulfide) groups is 1. The van der Waals surface area contributed by atoms with E-state index < -0.39 is 17.1 Å². The molecule has 52 heavy (non-hydrogen) atoms. The summed E-state index contributed by atoms with van der Waals surface area (Å²) in [6.45, 7) is 0. The molecule has 12 heteroatoms.